The quantitative estimate of drug-likeness (QED) is 0.665. The topological polar surface area (TPSA) is 150 Å². The van der Waals surface area contributed by atoms with Crippen LogP contribution in [0.2, 0.25) is 0 Å². The molecule has 1 aromatic heterocycles. The third-order valence-electron chi connectivity index (χ3n) is 1.99. The van der Waals surface area contributed by atoms with Gasteiger partial charge in [0.2, 0.25) is 0 Å². The highest BCUT2D eigenvalue weighted by Crippen LogP contribution is 2.27. The molecule has 17 heavy (non-hydrogen) atoms. The van der Waals surface area contributed by atoms with Gasteiger partial charge in [0.15, 0.2) is 0 Å². The first-order chi connectivity index (χ1) is 7.00. The predicted octanol–water partition coefficient (Wildman–Crippen LogP) is -0.462. The number of rotatable bonds is 1. The van der Waals surface area contributed by atoms with E-state index in [-0.39, 0.29) is 32.5 Å². The summed E-state index contributed by atoms with van der Waals surface area (Å²) in [6.07, 6.45) is 1.43. The van der Waals surface area contributed by atoms with E-state index in [9.17, 15) is 13.5 Å². The zero-order valence-corrected chi connectivity index (χ0v) is 9.27. The summed E-state index contributed by atoms with van der Waals surface area (Å²) in [6.45, 7) is 0. The molecule has 2 rings (SSSR count). The smallest absolute Gasteiger partial charge is 0.295 e. The van der Waals surface area contributed by atoms with Crippen molar-refractivity contribution in [2.45, 2.75) is 4.90 Å². The fraction of sp³-hybridized carbons (Fsp3) is 0. The minimum absolute atomic E-state index is 0. The lowest BCUT2D eigenvalue weighted by atomic mass is 10.2. The van der Waals surface area contributed by atoms with Gasteiger partial charge in [-0.1, -0.05) is 0 Å². The molecular formula is C9H11NO6S. The lowest BCUT2D eigenvalue weighted by Crippen LogP contribution is -1.99. The maximum absolute atomic E-state index is 11.0. The third kappa shape index (κ3) is 2.68. The molecule has 0 saturated heterocycles. The number of nitrogens with zero attached hydrogens (tertiary/aromatic N) is 1. The van der Waals surface area contributed by atoms with Gasteiger partial charge in [-0.05, 0) is 24.3 Å². The molecule has 6 N–H and O–H groups in total. The molecule has 0 saturated carbocycles. The standard InChI is InChI=1S/C9H7NO4S.2H2O/c11-7-3-4-8(15(12,13)14)6-2-1-5-10-9(6)7;;/h1-5,11H,(H,12,13,14);2*1H2. The van der Waals surface area contributed by atoms with Crippen LogP contribution in [0.4, 0.5) is 0 Å². The van der Waals surface area contributed by atoms with Crippen molar-refractivity contribution in [2.75, 3.05) is 0 Å². The third-order valence-corrected chi connectivity index (χ3v) is 2.90. The van der Waals surface area contributed by atoms with Crippen LogP contribution in [0, 0.1) is 0 Å². The minimum atomic E-state index is -4.30. The van der Waals surface area contributed by atoms with Crippen molar-refractivity contribution >= 4 is 21.0 Å². The number of hydrogen-bond donors (Lipinski definition) is 2. The fourth-order valence-electron chi connectivity index (χ4n) is 1.36. The number of fused-ring (bicyclic) bond motifs is 1. The van der Waals surface area contributed by atoms with Crippen LogP contribution in [0.25, 0.3) is 10.9 Å². The summed E-state index contributed by atoms with van der Waals surface area (Å²) in [5, 5.41) is 9.62. The molecule has 0 spiro atoms. The van der Waals surface area contributed by atoms with Crippen LogP contribution >= 0.6 is 0 Å². The second kappa shape index (κ2) is 5.06. The molecule has 94 valence electrons. The van der Waals surface area contributed by atoms with Gasteiger partial charge in [-0.3, -0.25) is 9.54 Å². The van der Waals surface area contributed by atoms with E-state index in [0.29, 0.717) is 0 Å². The van der Waals surface area contributed by atoms with E-state index in [2.05, 4.69) is 4.98 Å². The number of pyridine rings is 1. The van der Waals surface area contributed by atoms with Crippen LogP contribution in [0.5, 0.6) is 5.75 Å². The van der Waals surface area contributed by atoms with Crippen LogP contribution in [-0.4, -0.2) is 34.0 Å². The first-order valence-corrected chi connectivity index (χ1v) is 5.48. The van der Waals surface area contributed by atoms with Crippen LogP contribution < -0.4 is 0 Å². The van der Waals surface area contributed by atoms with E-state index in [4.69, 9.17) is 4.55 Å². The van der Waals surface area contributed by atoms with Gasteiger partial charge < -0.3 is 16.1 Å². The zero-order valence-electron chi connectivity index (χ0n) is 8.45. The summed E-state index contributed by atoms with van der Waals surface area (Å²) in [6, 6.07) is 5.30. The number of phenolic OH excluding ortho intramolecular Hbond substituents is 1. The molecule has 0 atom stereocenters. The first kappa shape index (κ1) is 15.3. The molecule has 1 heterocycles. The van der Waals surface area contributed by atoms with E-state index in [1.807, 2.05) is 0 Å². The summed E-state index contributed by atoms with van der Waals surface area (Å²) >= 11 is 0. The molecule has 0 aliphatic heterocycles. The van der Waals surface area contributed by atoms with Crippen molar-refractivity contribution in [1.29, 1.82) is 0 Å². The van der Waals surface area contributed by atoms with Crippen LogP contribution in [0.3, 0.4) is 0 Å². The lowest BCUT2D eigenvalue weighted by molar-refractivity contribution is 0.478. The number of phenols is 1. The van der Waals surface area contributed by atoms with Crippen molar-refractivity contribution < 1.29 is 29.0 Å². The Labute approximate surface area is 96.7 Å². The predicted molar refractivity (Wildman–Crippen MR) is 60.5 cm³/mol. The van der Waals surface area contributed by atoms with E-state index in [0.717, 1.165) is 6.07 Å². The number of benzene rings is 1. The molecule has 0 radical (unpaired) electrons. The second-order valence-corrected chi connectivity index (χ2v) is 4.35. The Bertz CT molecular complexity index is 624. The summed E-state index contributed by atoms with van der Waals surface area (Å²) in [5.41, 5.74) is 0.146. The van der Waals surface area contributed by atoms with Crippen molar-refractivity contribution in [3.05, 3.63) is 30.5 Å². The van der Waals surface area contributed by atoms with E-state index < -0.39 is 10.1 Å². The molecule has 0 aliphatic rings. The fourth-order valence-corrected chi connectivity index (χ4v) is 2.04. The van der Waals surface area contributed by atoms with E-state index in [1.54, 1.807) is 0 Å². The Hall–Kier alpha value is -1.74. The van der Waals surface area contributed by atoms with Gasteiger partial charge in [-0.25, -0.2) is 0 Å². The first-order valence-electron chi connectivity index (χ1n) is 4.04. The highest BCUT2D eigenvalue weighted by Gasteiger charge is 2.15. The Morgan fingerprint density at radius 1 is 1.12 bits per heavy atom. The molecular weight excluding hydrogens is 250 g/mol. The molecule has 0 amide bonds. The van der Waals surface area contributed by atoms with E-state index >= 15 is 0 Å². The Morgan fingerprint density at radius 2 is 1.76 bits per heavy atom. The van der Waals surface area contributed by atoms with Gasteiger partial charge in [-0.2, -0.15) is 8.42 Å². The SMILES string of the molecule is O.O.O=S(=O)(O)c1ccc(O)c2ncccc12. The van der Waals surface area contributed by atoms with Gasteiger partial charge >= 0.3 is 0 Å². The van der Waals surface area contributed by atoms with E-state index in [1.165, 1.54) is 24.4 Å². The average molecular weight is 261 g/mol. The molecule has 0 bridgehead atoms. The van der Waals surface area contributed by atoms with Crippen molar-refractivity contribution in [2.24, 2.45) is 0 Å². The maximum atomic E-state index is 11.0. The van der Waals surface area contributed by atoms with Gasteiger partial charge in [0.25, 0.3) is 10.1 Å². The number of aromatic nitrogens is 1. The molecule has 0 aliphatic carbocycles. The zero-order chi connectivity index (χ0) is 11.1. The average Bonchev–Trinajstić information content (AvgIpc) is 2.17. The monoisotopic (exact) mass is 261 g/mol. The normalized spacial score (nSPS) is 10.4. The van der Waals surface area contributed by atoms with Crippen molar-refractivity contribution in [3.8, 4) is 5.75 Å². The van der Waals surface area contributed by atoms with Gasteiger partial charge in [0.05, 0.1) is 0 Å². The largest absolute Gasteiger partial charge is 0.506 e. The minimum Gasteiger partial charge on any atom is -0.506 e. The van der Waals surface area contributed by atoms with Crippen LogP contribution in [-0.2, 0) is 10.1 Å². The molecule has 8 heteroatoms. The van der Waals surface area contributed by atoms with Crippen LogP contribution in [0.15, 0.2) is 35.4 Å². The highest BCUT2D eigenvalue weighted by atomic mass is 32.2. The molecule has 0 unspecified atom stereocenters. The molecule has 2 aromatic rings. The molecule has 1 aromatic carbocycles. The Morgan fingerprint density at radius 3 is 2.35 bits per heavy atom. The second-order valence-electron chi connectivity index (χ2n) is 2.96. The molecule has 0 fully saturated rings. The van der Waals surface area contributed by atoms with Crippen molar-refractivity contribution in [3.63, 3.8) is 0 Å². The van der Waals surface area contributed by atoms with Crippen LogP contribution in [0.1, 0.15) is 0 Å². The van der Waals surface area contributed by atoms with Gasteiger partial charge in [0, 0.05) is 11.6 Å². The van der Waals surface area contributed by atoms with Crippen molar-refractivity contribution in [1.82, 2.24) is 4.98 Å². The highest BCUT2D eigenvalue weighted by molar-refractivity contribution is 7.86. The summed E-state index contributed by atoms with van der Waals surface area (Å²) in [5.74, 6) is -0.127. The summed E-state index contributed by atoms with van der Waals surface area (Å²) in [4.78, 5) is 3.57. The number of aromatic hydroxyl groups is 1. The Balaban J connectivity index is 0.00000128. The lowest BCUT2D eigenvalue weighted by Gasteiger charge is -2.03. The summed E-state index contributed by atoms with van der Waals surface area (Å²) < 4.78 is 30.9. The molecule has 7 nitrogen and oxygen atoms in total. The Kier molecular flexibility index (Phi) is 4.54. The summed E-state index contributed by atoms with van der Waals surface area (Å²) in [7, 11) is -4.30. The van der Waals surface area contributed by atoms with Gasteiger partial charge in [-0.15, -0.1) is 0 Å². The maximum Gasteiger partial charge on any atom is 0.295 e. The van der Waals surface area contributed by atoms with Gasteiger partial charge in [0.1, 0.15) is 16.2 Å². The number of hydrogen-bond acceptors (Lipinski definition) is 4.